The topological polar surface area (TPSA) is 29.9 Å². The van der Waals surface area contributed by atoms with Crippen LogP contribution in [0, 0.1) is 0 Å². The molecule has 1 aromatic heterocycles. The minimum atomic E-state index is 1.03. The van der Waals surface area contributed by atoms with E-state index in [0.29, 0.717) is 0 Å². The van der Waals surface area contributed by atoms with Crippen LogP contribution in [0.1, 0.15) is 25.0 Å². The molecule has 0 bridgehead atoms. The molecule has 0 aromatic carbocycles. The molecule has 0 N–H and O–H groups in total. The lowest BCUT2D eigenvalue weighted by Gasteiger charge is -1.82. The predicted octanol–water partition coefficient (Wildman–Crippen LogP) is 0.689. The van der Waals surface area contributed by atoms with Crippen LogP contribution >= 0.6 is 0 Å². The number of nitrogens with zero attached hydrogens (tertiary/aromatic N) is 2. The highest BCUT2D eigenvalue weighted by Crippen LogP contribution is 2.06. The van der Waals surface area contributed by atoms with Crippen LogP contribution in [-0.4, -0.2) is 5.27 Å². The quantitative estimate of drug-likeness (QED) is 0.495. The number of fused-ring (bicyclic) bond motifs is 1. The summed E-state index contributed by atoms with van der Waals surface area (Å²) in [5.41, 5.74) is 1.25. The van der Waals surface area contributed by atoms with Gasteiger partial charge < -0.3 is 4.52 Å². The van der Waals surface area contributed by atoms with Crippen molar-refractivity contribution in [1.29, 1.82) is 0 Å². The molecule has 1 aliphatic rings. The lowest BCUT2D eigenvalue weighted by Crippen LogP contribution is -2.38. The van der Waals surface area contributed by atoms with Crippen LogP contribution in [0.15, 0.2) is 10.8 Å². The Labute approximate surface area is 59.6 Å². The minimum absolute atomic E-state index is 1.03. The zero-order chi connectivity index (χ0) is 6.81. The Morgan fingerprint density at radius 2 is 2.40 bits per heavy atom. The smallest absolute Gasteiger partial charge is 0.249 e. The van der Waals surface area contributed by atoms with Gasteiger partial charge in [-0.15, -0.1) is 0 Å². The standard InChI is InChI=1S/C7H11N2O/c1-2-4-7-6-10-8-9(7)5-3-1/h6H,1-5H2/q+1. The van der Waals surface area contributed by atoms with Gasteiger partial charge in [-0.2, -0.15) is 0 Å². The molecule has 0 fully saturated rings. The molecule has 54 valence electrons. The van der Waals surface area contributed by atoms with Gasteiger partial charge in [0.1, 0.15) is 0 Å². The molecule has 0 spiro atoms. The molecular weight excluding hydrogens is 128 g/mol. The zero-order valence-electron chi connectivity index (χ0n) is 5.92. The Morgan fingerprint density at radius 3 is 3.40 bits per heavy atom. The molecule has 1 aliphatic heterocycles. The van der Waals surface area contributed by atoms with Gasteiger partial charge in [0, 0.05) is 12.8 Å². The van der Waals surface area contributed by atoms with E-state index in [9.17, 15) is 0 Å². The third-order valence-corrected chi connectivity index (χ3v) is 1.97. The predicted molar refractivity (Wildman–Crippen MR) is 34.3 cm³/mol. The second kappa shape index (κ2) is 2.40. The van der Waals surface area contributed by atoms with E-state index >= 15 is 0 Å². The van der Waals surface area contributed by atoms with E-state index in [4.69, 9.17) is 4.52 Å². The second-order valence-electron chi connectivity index (χ2n) is 2.73. The highest BCUT2D eigenvalue weighted by molar-refractivity contribution is 4.81. The van der Waals surface area contributed by atoms with Crippen molar-refractivity contribution >= 4 is 0 Å². The van der Waals surface area contributed by atoms with Crippen molar-refractivity contribution in [3.05, 3.63) is 12.0 Å². The van der Waals surface area contributed by atoms with Gasteiger partial charge in [0.25, 0.3) is 0 Å². The molecule has 0 amide bonds. The molecule has 0 saturated heterocycles. The largest absolute Gasteiger partial charge is 0.309 e. The molecule has 2 rings (SSSR count). The van der Waals surface area contributed by atoms with Crippen molar-refractivity contribution in [2.75, 3.05) is 0 Å². The zero-order valence-corrected chi connectivity index (χ0v) is 5.92. The summed E-state index contributed by atoms with van der Waals surface area (Å²) in [6.07, 6.45) is 6.73. The van der Waals surface area contributed by atoms with Crippen LogP contribution < -0.4 is 4.68 Å². The second-order valence-corrected chi connectivity index (χ2v) is 2.73. The first-order valence-electron chi connectivity index (χ1n) is 3.80. The Balaban J connectivity index is 2.28. The number of hydrogen-bond acceptors (Lipinski definition) is 2. The molecule has 0 radical (unpaired) electrons. The van der Waals surface area contributed by atoms with Crippen molar-refractivity contribution in [1.82, 2.24) is 5.27 Å². The highest BCUT2D eigenvalue weighted by Gasteiger charge is 2.18. The Bertz CT molecular complexity index is 199. The summed E-state index contributed by atoms with van der Waals surface area (Å²) in [5, 5.41) is 3.86. The third-order valence-electron chi connectivity index (χ3n) is 1.97. The van der Waals surface area contributed by atoms with E-state index in [-0.39, 0.29) is 0 Å². The lowest BCUT2D eigenvalue weighted by molar-refractivity contribution is -0.767. The summed E-state index contributed by atoms with van der Waals surface area (Å²) >= 11 is 0. The molecular formula is C7H11N2O+. The van der Waals surface area contributed by atoms with Crippen LogP contribution in [0.25, 0.3) is 0 Å². The monoisotopic (exact) mass is 139 g/mol. The maximum Gasteiger partial charge on any atom is 0.249 e. The van der Waals surface area contributed by atoms with E-state index < -0.39 is 0 Å². The summed E-state index contributed by atoms with van der Waals surface area (Å²) < 4.78 is 6.80. The van der Waals surface area contributed by atoms with E-state index in [2.05, 4.69) is 5.27 Å². The molecule has 0 atom stereocenters. The Hall–Kier alpha value is -0.860. The van der Waals surface area contributed by atoms with Crippen LogP contribution in [0.4, 0.5) is 0 Å². The van der Waals surface area contributed by atoms with E-state index in [0.717, 1.165) is 13.0 Å². The van der Waals surface area contributed by atoms with Crippen molar-refractivity contribution in [3.8, 4) is 0 Å². The van der Waals surface area contributed by atoms with Gasteiger partial charge >= 0.3 is 0 Å². The SMILES string of the molecule is c1on[n+]2c1CCCCC2. The average molecular weight is 139 g/mol. The van der Waals surface area contributed by atoms with Gasteiger partial charge in [0.15, 0.2) is 18.1 Å². The average Bonchev–Trinajstić information content (AvgIpc) is 2.28. The van der Waals surface area contributed by atoms with Gasteiger partial charge in [-0.1, -0.05) is 4.68 Å². The molecule has 10 heavy (non-hydrogen) atoms. The van der Waals surface area contributed by atoms with Gasteiger partial charge in [0.05, 0.1) is 0 Å². The molecule has 3 heteroatoms. The minimum Gasteiger partial charge on any atom is -0.309 e. The lowest BCUT2D eigenvalue weighted by atomic mass is 10.2. The fraction of sp³-hybridized carbons (Fsp3) is 0.714. The number of hydrogen-bond donors (Lipinski definition) is 0. The van der Waals surface area contributed by atoms with E-state index in [1.54, 1.807) is 6.26 Å². The van der Waals surface area contributed by atoms with Crippen molar-refractivity contribution in [2.45, 2.75) is 32.2 Å². The first-order chi connectivity index (χ1) is 4.97. The summed E-state index contributed by atoms with van der Waals surface area (Å²) in [4.78, 5) is 0. The van der Waals surface area contributed by atoms with Crippen molar-refractivity contribution in [2.24, 2.45) is 0 Å². The Kier molecular flexibility index (Phi) is 1.42. The number of aryl methyl sites for hydroxylation is 2. The number of aromatic nitrogens is 2. The fourth-order valence-corrected chi connectivity index (χ4v) is 1.37. The molecule has 0 saturated carbocycles. The van der Waals surface area contributed by atoms with Gasteiger partial charge in [-0.3, -0.25) is 0 Å². The fourth-order valence-electron chi connectivity index (χ4n) is 1.37. The first kappa shape index (κ1) is 5.89. The molecule has 2 heterocycles. The normalized spacial score (nSPS) is 18.0. The maximum absolute atomic E-state index is 4.84. The van der Waals surface area contributed by atoms with Crippen molar-refractivity contribution < 1.29 is 9.20 Å². The van der Waals surface area contributed by atoms with Crippen molar-refractivity contribution in [3.63, 3.8) is 0 Å². The molecule has 0 aliphatic carbocycles. The van der Waals surface area contributed by atoms with Crippen LogP contribution in [0.2, 0.25) is 0 Å². The van der Waals surface area contributed by atoms with E-state index in [1.807, 2.05) is 4.68 Å². The van der Waals surface area contributed by atoms with Gasteiger partial charge in [0.2, 0.25) is 5.69 Å². The maximum atomic E-state index is 4.84. The number of rotatable bonds is 0. The summed E-state index contributed by atoms with van der Waals surface area (Å²) in [6, 6.07) is 0. The highest BCUT2D eigenvalue weighted by atomic mass is 16.5. The summed E-state index contributed by atoms with van der Waals surface area (Å²) in [6.45, 7) is 1.03. The molecule has 0 unspecified atom stereocenters. The van der Waals surface area contributed by atoms with Crippen LogP contribution in [0.3, 0.4) is 0 Å². The van der Waals surface area contributed by atoms with Gasteiger partial charge in [-0.25, -0.2) is 0 Å². The first-order valence-corrected chi connectivity index (χ1v) is 3.80. The van der Waals surface area contributed by atoms with Crippen LogP contribution in [0.5, 0.6) is 0 Å². The summed E-state index contributed by atoms with van der Waals surface area (Å²) in [5.74, 6) is 0. The summed E-state index contributed by atoms with van der Waals surface area (Å²) in [7, 11) is 0. The van der Waals surface area contributed by atoms with Gasteiger partial charge in [-0.05, 0) is 12.8 Å². The van der Waals surface area contributed by atoms with E-state index in [1.165, 1.54) is 25.0 Å². The molecule has 1 aromatic rings. The Morgan fingerprint density at radius 1 is 1.40 bits per heavy atom. The van der Waals surface area contributed by atoms with Crippen LogP contribution in [-0.2, 0) is 13.0 Å². The third kappa shape index (κ3) is 0.916. The molecule has 3 nitrogen and oxygen atoms in total.